The molecule has 11 heteroatoms. The number of H-pyrrole nitrogens is 1. The second-order valence-corrected chi connectivity index (χ2v) is 10.9. The Morgan fingerprint density at radius 2 is 2.15 bits per heavy atom. The van der Waals surface area contributed by atoms with Gasteiger partial charge in [-0.1, -0.05) is 12.6 Å². The predicted molar refractivity (Wildman–Crippen MR) is 144 cm³/mol. The highest BCUT2D eigenvalue weighted by Crippen LogP contribution is 2.44. The van der Waals surface area contributed by atoms with Gasteiger partial charge >= 0.3 is 6.01 Å². The van der Waals surface area contributed by atoms with E-state index in [1.54, 1.807) is 16.0 Å². The first-order valence-corrected chi connectivity index (χ1v) is 13.1. The van der Waals surface area contributed by atoms with Crippen LogP contribution in [0.2, 0.25) is 0 Å². The van der Waals surface area contributed by atoms with Gasteiger partial charge in [0.25, 0.3) is 0 Å². The van der Waals surface area contributed by atoms with Crippen molar-refractivity contribution >= 4 is 28.5 Å². The number of nitrogens with one attached hydrogen (secondary N) is 1. The van der Waals surface area contributed by atoms with Crippen molar-refractivity contribution in [3.63, 3.8) is 0 Å². The van der Waals surface area contributed by atoms with Gasteiger partial charge in [0.2, 0.25) is 11.8 Å². The van der Waals surface area contributed by atoms with Crippen LogP contribution >= 0.6 is 0 Å². The minimum Gasteiger partial charge on any atom is -0.462 e. The normalized spacial score (nSPS) is 20.4. The van der Waals surface area contributed by atoms with Crippen molar-refractivity contribution in [2.75, 3.05) is 44.7 Å². The van der Waals surface area contributed by atoms with Gasteiger partial charge in [0, 0.05) is 48.5 Å². The number of anilines is 1. The van der Waals surface area contributed by atoms with Crippen LogP contribution in [0.5, 0.6) is 6.01 Å². The molecule has 0 saturated carbocycles. The largest absolute Gasteiger partial charge is 0.462 e. The lowest BCUT2D eigenvalue weighted by atomic mass is 9.79. The highest BCUT2D eigenvalue weighted by molar-refractivity contribution is 6.01. The number of ether oxygens (including phenoxy) is 1. The number of hydrogen-bond donors (Lipinski definition) is 1. The molecule has 3 aliphatic rings. The molecule has 3 fully saturated rings. The van der Waals surface area contributed by atoms with E-state index in [9.17, 15) is 14.9 Å². The van der Waals surface area contributed by atoms with Crippen molar-refractivity contribution in [3.8, 4) is 23.3 Å². The lowest BCUT2D eigenvalue weighted by molar-refractivity contribution is -0.138. The first-order chi connectivity index (χ1) is 18.8. The third kappa shape index (κ3) is 4.21. The average molecular weight is 527 g/mol. The lowest BCUT2D eigenvalue weighted by Crippen LogP contribution is -2.59. The molecular weight excluding hydrogens is 496 g/mol. The Labute approximate surface area is 226 Å². The highest BCUT2D eigenvalue weighted by Gasteiger charge is 2.53. The fraction of sp³-hybridized carbons (Fsp3) is 0.429. The van der Waals surface area contributed by atoms with Gasteiger partial charge in [-0.3, -0.25) is 19.6 Å². The molecule has 11 nitrogen and oxygen atoms in total. The number of rotatable bonds is 6. The van der Waals surface area contributed by atoms with Crippen LogP contribution in [0.25, 0.3) is 22.2 Å². The summed E-state index contributed by atoms with van der Waals surface area (Å²) in [5.41, 5.74) is 2.72. The quantitative estimate of drug-likeness (QED) is 0.485. The van der Waals surface area contributed by atoms with Crippen LogP contribution in [0, 0.1) is 23.7 Å². The minimum absolute atomic E-state index is 0.130. The third-order valence-electron chi connectivity index (χ3n) is 8.24. The number of aryl methyl sites for hydroxylation is 1. The zero-order chi connectivity index (χ0) is 27.3. The first kappa shape index (κ1) is 25.0. The van der Waals surface area contributed by atoms with Gasteiger partial charge < -0.3 is 14.5 Å². The molecule has 3 saturated heterocycles. The van der Waals surface area contributed by atoms with Gasteiger partial charge in [-0.25, -0.2) is 0 Å². The summed E-state index contributed by atoms with van der Waals surface area (Å²) in [4.78, 5) is 40.3. The maximum Gasteiger partial charge on any atom is 0.319 e. The molecule has 2 aromatic heterocycles. The van der Waals surface area contributed by atoms with Crippen LogP contribution in [0.3, 0.4) is 0 Å². The zero-order valence-corrected chi connectivity index (χ0v) is 22.1. The number of nitrogens with zero attached hydrogens (tertiary/aromatic N) is 7. The van der Waals surface area contributed by atoms with E-state index in [2.05, 4.69) is 39.8 Å². The Hall–Kier alpha value is -4.30. The molecule has 0 bridgehead atoms. The SMILES string of the molecule is C=CC(=O)N1CC2(CC(=O)N(c3nc(OC[C@@H]4CCCN4C)nc(-c4c(C)ccc5[nH]ncc45)c3C#N)C2)C1. The molecule has 1 N–H and O–H groups in total. The number of likely N-dealkylation sites (N-methyl/N-ethyl adjacent to an activating group) is 1. The van der Waals surface area contributed by atoms with Crippen molar-refractivity contribution in [2.45, 2.75) is 32.2 Å². The highest BCUT2D eigenvalue weighted by atomic mass is 16.5. The van der Waals surface area contributed by atoms with E-state index < -0.39 is 0 Å². The number of aromatic nitrogens is 4. The number of fused-ring (bicyclic) bond motifs is 1. The molecule has 6 rings (SSSR count). The predicted octanol–water partition coefficient (Wildman–Crippen LogP) is 2.42. The van der Waals surface area contributed by atoms with Gasteiger partial charge in [-0.2, -0.15) is 20.3 Å². The van der Waals surface area contributed by atoms with Gasteiger partial charge in [0.1, 0.15) is 18.2 Å². The summed E-state index contributed by atoms with van der Waals surface area (Å²) >= 11 is 0. The molecule has 5 heterocycles. The molecule has 0 aliphatic carbocycles. The molecule has 1 aromatic carbocycles. The van der Waals surface area contributed by atoms with Gasteiger partial charge in [-0.05, 0) is 51.1 Å². The standard InChI is InChI=1S/C28H30N8O3/c1-4-22(37)35-14-28(15-35)10-23(38)36(16-28)26-19(11-29)25(24-17(2)7-8-21-20(24)12-30-33-21)31-27(32-26)39-13-18-6-5-9-34(18)3/h4,7-8,12,18H,1,5-6,9-10,13-16H2,2-3H3,(H,30,33)/t18-/m0/s1. The zero-order valence-electron chi connectivity index (χ0n) is 22.1. The van der Waals surface area contributed by atoms with Crippen molar-refractivity contribution in [1.82, 2.24) is 30.0 Å². The Kier molecular flexibility index (Phi) is 6.07. The van der Waals surface area contributed by atoms with Crippen LogP contribution in [0.4, 0.5) is 5.82 Å². The summed E-state index contributed by atoms with van der Waals surface area (Å²) in [6.45, 7) is 8.21. The lowest BCUT2D eigenvalue weighted by Gasteiger charge is -2.47. The number of benzene rings is 1. The van der Waals surface area contributed by atoms with Gasteiger partial charge in [0.15, 0.2) is 5.82 Å². The Morgan fingerprint density at radius 3 is 2.87 bits per heavy atom. The van der Waals surface area contributed by atoms with Crippen LogP contribution in [0.15, 0.2) is 31.0 Å². The van der Waals surface area contributed by atoms with Crippen molar-refractivity contribution < 1.29 is 14.3 Å². The molecule has 39 heavy (non-hydrogen) atoms. The van der Waals surface area contributed by atoms with Crippen LogP contribution < -0.4 is 9.64 Å². The molecule has 3 aromatic rings. The molecule has 2 amide bonds. The smallest absolute Gasteiger partial charge is 0.319 e. The number of hydrogen-bond acceptors (Lipinski definition) is 8. The minimum atomic E-state index is -0.373. The molecule has 1 spiro atoms. The second kappa shape index (κ2) is 9.47. The third-order valence-corrected chi connectivity index (χ3v) is 8.24. The van der Waals surface area contributed by atoms with E-state index >= 15 is 0 Å². The fourth-order valence-electron chi connectivity index (χ4n) is 6.12. The molecular formula is C28H30N8O3. The van der Waals surface area contributed by atoms with Crippen LogP contribution in [-0.2, 0) is 9.59 Å². The molecule has 0 radical (unpaired) electrons. The first-order valence-electron chi connectivity index (χ1n) is 13.1. The molecule has 3 aliphatic heterocycles. The fourth-order valence-corrected chi connectivity index (χ4v) is 6.12. The number of carbonyl (C=O) groups excluding carboxylic acids is 2. The second-order valence-electron chi connectivity index (χ2n) is 10.9. The van der Waals surface area contributed by atoms with E-state index in [1.165, 1.54) is 6.08 Å². The number of aromatic amines is 1. The molecule has 0 unspecified atom stereocenters. The van der Waals surface area contributed by atoms with Crippen molar-refractivity contribution in [1.29, 1.82) is 5.26 Å². The average Bonchev–Trinajstić information content (AvgIpc) is 3.64. The van der Waals surface area contributed by atoms with Crippen LogP contribution in [0.1, 0.15) is 30.4 Å². The monoisotopic (exact) mass is 526 g/mol. The maximum absolute atomic E-state index is 13.4. The summed E-state index contributed by atoms with van der Waals surface area (Å²) in [6.07, 6.45) is 5.40. The molecule has 1 atom stereocenters. The van der Waals surface area contributed by atoms with E-state index in [1.807, 2.05) is 19.1 Å². The summed E-state index contributed by atoms with van der Waals surface area (Å²) in [5.74, 6) is -0.0427. The number of likely N-dealkylation sites (tertiary alicyclic amines) is 2. The number of carbonyl (C=O) groups is 2. The number of amides is 2. The number of nitriles is 1. The summed E-state index contributed by atoms with van der Waals surface area (Å²) in [5, 5.41) is 18.4. The van der Waals surface area contributed by atoms with Crippen molar-refractivity contribution in [2.24, 2.45) is 5.41 Å². The maximum atomic E-state index is 13.4. The summed E-state index contributed by atoms with van der Waals surface area (Å²) in [6, 6.07) is 6.54. The van der Waals surface area contributed by atoms with E-state index in [0.29, 0.717) is 31.9 Å². The van der Waals surface area contributed by atoms with Crippen LogP contribution in [-0.4, -0.2) is 87.7 Å². The van der Waals surface area contributed by atoms with Gasteiger partial charge in [-0.15, -0.1) is 0 Å². The Bertz CT molecular complexity index is 1530. The van der Waals surface area contributed by atoms with E-state index in [-0.39, 0.29) is 47.1 Å². The summed E-state index contributed by atoms with van der Waals surface area (Å²) < 4.78 is 6.15. The Morgan fingerprint density at radius 1 is 1.33 bits per heavy atom. The van der Waals surface area contributed by atoms with Gasteiger partial charge in [0.05, 0.1) is 17.4 Å². The van der Waals surface area contributed by atoms with E-state index in [0.717, 1.165) is 41.4 Å². The van der Waals surface area contributed by atoms with Crippen molar-refractivity contribution in [3.05, 3.63) is 42.1 Å². The Balaban J connectivity index is 1.43. The topological polar surface area (TPSA) is 131 Å². The molecule has 200 valence electrons. The summed E-state index contributed by atoms with van der Waals surface area (Å²) in [7, 11) is 2.07. The van der Waals surface area contributed by atoms with E-state index in [4.69, 9.17) is 9.72 Å².